The fraction of sp³-hybridized carbons (Fsp3) is 0.267. The summed E-state index contributed by atoms with van der Waals surface area (Å²) in [4.78, 5) is 24.8. The average molecular weight is 449 g/mol. The Kier molecular flexibility index (Phi) is 3.99. The smallest absolute Gasteiger partial charge is 0.334 e. The molecule has 136 valence electrons. The maximum absolute atomic E-state index is 13.1. The van der Waals surface area contributed by atoms with E-state index in [-0.39, 0.29) is 30.1 Å². The highest BCUT2D eigenvalue weighted by atomic mass is 79.9. The molecule has 0 radical (unpaired) electrons. The van der Waals surface area contributed by atoms with Gasteiger partial charge in [-0.05, 0) is 28.1 Å². The number of alkyl halides is 3. The molecular formula is C15H10BrClF3N5O. The number of amides is 1. The molecular weight excluding hydrogens is 439 g/mol. The van der Waals surface area contributed by atoms with Crippen LogP contribution in [0.15, 0.2) is 22.8 Å². The van der Waals surface area contributed by atoms with Crippen molar-refractivity contribution in [2.24, 2.45) is 0 Å². The van der Waals surface area contributed by atoms with Crippen molar-refractivity contribution in [3.8, 4) is 0 Å². The molecule has 0 aliphatic carbocycles. The van der Waals surface area contributed by atoms with Crippen molar-refractivity contribution >= 4 is 44.5 Å². The molecule has 3 aromatic rings. The third-order valence-electron chi connectivity index (χ3n) is 4.16. The molecule has 3 heterocycles. The van der Waals surface area contributed by atoms with E-state index in [0.717, 1.165) is 4.57 Å². The molecule has 0 unspecified atom stereocenters. The molecule has 1 aliphatic heterocycles. The fourth-order valence-corrected chi connectivity index (χ4v) is 3.69. The highest BCUT2D eigenvalue weighted by molar-refractivity contribution is 9.10. The van der Waals surface area contributed by atoms with Gasteiger partial charge in [0.2, 0.25) is 5.82 Å². The standard InChI is InChI=1S/C15H10BrClF3N5O/c16-11-9-6-24(4-5-25(9)14(23-11)15(18,19)20)13(26)12-21-8-3-1-2-7(17)10(8)22-12/h1-3H,4-6H2,(H,21,22). The first kappa shape index (κ1) is 17.3. The molecule has 1 aliphatic rings. The van der Waals surface area contributed by atoms with Crippen LogP contribution in [0.2, 0.25) is 5.02 Å². The van der Waals surface area contributed by atoms with E-state index >= 15 is 0 Å². The summed E-state index contributed by atoms with van der Waals surface area (Å²) >= 11 is 9.12. The van der Waals surface area contributed by atoms with Gasteiger partial charge in [0.05, 0.1) is 22.8 Å². The first-order valence-corrected chi connectivity index (χ1v) is 8.68. The molecule has 0 saturated carbocycles. The predicted octanol–water partition coefficient (Wildman–Crippen LogP) is 3.85. The van der Waals surface area contributed by atoms with Crippen LogP contribution in [0.3, 0.4) is 0 Å². The average Bonchev–Trinajstić information content (AvgIpc) is 3.16. The van der Waals surface area contributed by atoms with Gasteiger partial charge in [0.25, 0.3) is 5.91 Å². The largest absolute Gasteiger partial charge is 0.449 e. The second-order valence-corrected chi connectivity index (χ2v) is 6.93. The van der Waals surface area contributed by atoms with E-state index in [1.165, 1.54) is 4.90 Å². The van der Waals surface area contributed by atoms with Crippen molar-refractivity contribution in [1.82, 2.24) is 24.4 Å². The lowest BCUT2D eigenvalue weighted by Gasteiger charge is -2.28. The monoisotopic (exact) mass is 447 g/mol. The summed E-state index contributed by atoms with van der Waals surface area (Å²) in [5, 5.41) is 0.409. The summed E-state index contributed by atoms with van der Waals surface area (Å²) in [6, 6.07) is 5.13. The molecule has 11 heteroatoms. The zero-order valence-corrected chi connectivity index (χ0v) is 15.3. The van der Waals surface area contributed by atoms with Crippen LogP contribution in [0.1, 0.15) is 22.1 Å². The zero-order chi connectivity index (χ0) is 18.6. The number of carbonyl (C=O) groups excluding carboxylic acids is 1. The third-order valence-corrected chi connectivity index (χ3v) is 5.10. The maximum atomic E-state index is 13.1. The minimum atomic E-state index is -4.55. The minimum absolute atomic E-state index is 0.00446. The van der Waals surface area contributed by atoms with Gasteiger partial charge in [0.15, 0.2) is 5.82 Å². The lowest BCUT2D eigenvalue weighted by atomic mass is 10.3. The molecule has 4 rings (SSSR count). The SMILES string of the molecule is O=C(c1nc2c(Cl)cccc2[nH]1)N1CCn2c(C(F)(F)F)nc(Br)c2C1. The molecule has 1 aromatic carbocycles. The number of nitrogens with one attached hydrogen (secondary N) is 1. The number of benzene rings is 1. The summed E-state index contributed by atoms with van der Waals surface area (Å²) in [6.07, 6.45) is -4.55. The number of halogens is 5. The Balaban J connectivity index is 1.65. The van der Waals surface area contributed by atoms with Crippen molar-refractivity contribution in [3.05, 3.63) is 45.2 Å². The van der Waals surface area contributed by atoms with Crippen molar-refractivity contribution in [2.45, 2.75) is 19.3 Å². The Morgan fingerprint density at radius 1 is 1.27 bits per heavy atom. The third kappa shape index (κ3) is 2.77. The van der Waals surface area contributed by atoms with E-state index in [0.29, 0.717) is 21.7 Å². The second kappa shape index (κ2) is 5.98. The highest BCUT2D eigenvalue weighted by Crippen LogP contribution is 2.34. The van der Waals surface area contributed by atoms with E-state index in [9.17, 15) is 18.0 Å². The number of fused-ring (bicyclic) bond motifs is 2. The van der Waals surface area contributed by atoms with Crippen LogP contribution in [0.4, 0.5) is 13.2 Å². The van der Waals surface area contributed by atoms with Gasteiger partial charge >= 0.3 is 6.18 Å². The number of H-pyrrole nitrogens is 1. The molecule has 26 heavy (non-hydrogen) atoms. The van der Waals surface area contributed by atoms with E-state index in [1.807, 2.05) is 0 Å². The molecule has 0 spiro atoms. The van der Waals surface area contributed by atoms with Crippen molar-refractivity contribution in [2.75, 3.05) is 6.54 Å². The van der Waals surface area contributed by atoms with E-state index in [4.69, 9.17) is 11.6 Å². The minimum Gasteiger partial charge on any atom is -0.334 e. The van der Waals surface area contributed by atoms with Crippen LogP contribution < -0.4 is 0 Å². The Morgan fingerprint density at radius 2 is 2.04 bits per heavy atom. The van der Waals surface area contributed by atoms with Gasteiger partial charge in [-0.25, -0.2) is 9.97 Å². The van der Waals surface area contributed by atoms with Crippen molar-refractivity contribution in [1.29, 1.82) is 0 Å². The number of rotatable bonds is 1. The van der Waals surface area contributed by atoms with Crippen LogP contribution in [0, 0.1) is 0 Å². The summed E-state index contributed by atoms with van der Waals surface area (Å²) in [5.74, 6) is -1.29. The van der Waals surface area contributed by atoms with E-state index < -0.39 is 17.9 Å². The number of para-hydroxylation sites is 1. The van der Waals surface area contributed by atoms with Gasteiger partial charge in [0.1, 0.15) is 10.1 Å². The molecule has 1 amide bonds. The van der Waals surface area contributed by atoms with E-state index in [2.05, 4.69) is 30.9 Å². The number of aromatic nitrogens is 4. The van der Waals surface area contributed by atoms with Gasteiger partial charge in [0, 0.05) is 13.1 Å². The Morgan fingerprint density at radius 3 is 2.73 bits per heavy atom. The molecule has 0 saturated heterocycles. The molecule has 0 fully saturated rings. The van der Waals surface area contributed by atoms with Crippen LogP contribution in [-0.2, 0) is 19.3 Å². The predicted molar refractivity (Wildman–Crippen MR) is 90.8 cm³/mol. The Bertz CT molecular complexity index is 1030. The highest BCUT2D eigenvalue weighted by Gasteiger charge is 2.40. The maximum Gasteiger partial charge on any atom is 0.449 e. The quantitative estimate of drug-likeness (QED) is 0.615. The number of hydrogen-bond acceptors (Lipinski definition) is 3. The number of aromatic amines is 1. The molecule has 0 bridgehead atoms. The normalized spacial score (nSPS) is 14.7. The van der Waals surface area contributed by atoms with Crippen LogP contribution >= 0.6 is 27.5 Å². The van der Waals surface area contributed by atoms with E-state index in [1.54, 1.807) is 18.2 Å². The summed E-state index contributed by atoms with van der Waals surface area (Å²) in [7, 11) is 0. The van der Waals surface area contributed by atoms with Gasteiger partial charge in [-0.1, -0.05) is 17.7 Å². The lowest BCUT2D eigenvalue weighted by Crippen LogP contribution is -2.39. The summed E-state index contributed by atoms with van der Waals surface area (Å²) < 4.78 is 40.3. The van der Waals surface area contributed by atoms with Gasteiger partial charge in [-0.3, -0.25) is 4.79 Å². The fourth-order valence-electron chi connectivity index (χ4n) is 2.97. The Hall–Kier alpha value is -2.07. The van der Waals surface area contributed by atoms with Crippen LogP contribution in [-0.4, -0.2) is 36.9 Å². The summed E-state index contributed by atoms with van der Waals surface area (Å²) in [5.41, 5.74) is 1.38. The molecule has 6 nitrogen and oxygen atoms in total. The second-order valence-electron chi connectivity index (χ2n) is 5.77. The summed E-state index contributed by atoms with van der Waals surface area (Å²) in [6.45, 7) is 0.102. The topological polar surface area (TPSA) is 66.8 Å². The number of carbonyl (C=O) groups is 1. The van der Waals surface area contributed by atoms with Crippen molar-refractivity contribution in [3.63, 3.8) is 0 Å². The lowest BCUT2D eigenvalue weighted by molar-refractivity contribution is -0.147. The first-order valence-electron chi connectivity index (χ1n) is 7.51. The van der Waals surface area contributed by atoms with Gasteiger partial charge in [-0.2, -0.15) is 13.2 Å². The number of nitrogens with zero attached hydrogens (tertiary/aromatic N) is 4. The van der Waals surface area contributed by atoms with Gasteiger partial charge in [-0.15, -0.1) is 0 Å². The van der Waals surface area contributed by atoms with Crippen LogP contribution in [0.5, 0.6) is 0 Å². The number of hydrogen-bond donors (Lipinski definition) is 1. The molecule has 1 N–H and O–H groups in total. The number of imidazole rings is 2. The van der Waals surface area contributed by atoms with Gasteiger partial charge < -0.3 is 14.5 Å². The van der Waals surface area contributed by atoms with Crippen LogP contribution in [0.25, 0.3) is 11.0 Å². The molecule has 0 atom stereocenters. The Labute approximate surface area is 158 Å². The zero-order valence-electron chi connectivity index (χ0n) is 12.9. The first-order chi connectivity index (χ1) is 12.3. The molecule has 2 aromatic heterocycles. The van der Waals surface area contributed by atoms with Crippen molar-refractivity contribution < 1.29 is 18.0 Å².